The zero-order valence-electron chi connectivity index (χ0n) is 18.4. The lowest BCUT2D eigenvalue weighted by atomic mass is 10.2. The molecule has 172 valence electrons. The third-order valence-corrected chi connectivity index (χ3v) is 4.55. The van der Waals surface area contributed by atoms with E-state index in [-0.39, 0.29) is 32.2 Å². The molecule has 32 heavy (non-hydrogen) atoms. The van der Waals surface area contributed by atoms with Gasteiger partial charge in [-0.15, -0.1) is 0 Å². The zero-order chi connectivity index (χ0) is 23.0. The van der Waals surface area contributed by atoms with Gasteiger partial charge in [-0.3, -0.25) is 4.79 Å². The van der Waals surface area contributed by atoms with Gasteiger partial charge in [0.1, 0.15) is 13.2 Å². The van der Waals surface area contributed by atoms with Crippen molar-refractivity contribution in [3.8, 4) is 0 Å². The number of carbonyl (C=O) groups excluding carboxylic acids is 3. The fraction of sp³-hybridized carbons (Fsp3) is 0.375. The minimum absolute atomic E-state index is 0.0891. The van der Waals surface area contributed by atoms with E-state index in [4.69, 9.17) is 9.47 Å². The molecule has 0 saturated carbocycles. The summed E-state index contributed by atoms with van der Waals surface area (Å²) in [7, 11) is 0. The number of hydrogen-bond acceptors (Lipinski definition) is 5. The van der Waals surface area contributed by atoms with Gasteiger partial charge in [-0.25, -0.2) is 20.0 Å². The van der Waals surface area contributed by atoms with Crippen LogP contribution in [-0.4, -0.2) is 36.2 Å². The lowest BCUT2D eigenvalue weighted by Crippen LogP contribution is -2.49. The number of nitrogens with zero attached hydrogens (tertiary/aromatic N) is 1. The van der Waals surface area contributed by atoms with Crippen LogP contribution in [0.25, 0.3) is 0 Å². The Hall–Kier alpha value is -3.55. The van der Waals surface area contributed by atoms with Crippen LogP contribution in [-0.2, 0) is 27.5 Å². The predicted octanol–water partition coefficient (Wildman–Crippen LogP) is 4.16. The first-order chi connectivity index (χ1) is 15.6. The fourth-order valence-electron chi connectivity index (χ4n) is 2.81. The SMILES string of the molecule is CCCCCC(=O)N(CCNC(=O)OCc1ccccc1)NC(=O)OCc1ccccc1. The Balaban J connectivity index is 1.79. The third kappa shape index (κ3) is 9.97. The molecule has 3 amide bonds. The van der Waals surface area contributed by atoms with E-state index in [2.05, 4.69) is 10.7 Å². The Kier molecular flexibility index (Phi) is 11.2. The molecule has 8 heteroatoms. The molecule has 0 saturated heterocycles. The normalized spacial score (nSPS) is 10.2. The van der Waals surface area contributed by atoms with Gasteiger partial charge in [0.15, 0.2) is 0 Å². The molecular weight excluding hydrogens is 410 g/mol. The first kappa shape index (κ1) is 24.7. The number of benzene rings is 2. The number of alkyl carbamates (subject to hydrolysis) is 1. The molecule has 0 heterocycles. The van der Waals surface area contributed by atoms with Crippen molar-refractivity contribution in [2.45, 2.75) is 45.8 Å². The van der Waals surface area contributed by atoms with Gasteiger partial charge in [-0.1, -0.05) is 80.4 Å². The number of nitrogens with one attached hydrogen (secondary N) is 2. The summed E-state index contributed by atoms with van der Waals surface area (Å²) < 4.78 is 10.3. The van der Waals surface area contributed by atoms with E-state index in [1.54, 1.807) is 0 Å². The Morgan fingerprint density at radius 1 is 0.812 bits per heavy atom. The molecule has 0 radical (unpaired) electrons. The summed E-state index contributed by atoms with van der Waals surface area (Å²) in [5, 5.41) is 3.77. The summed E-state index contributed by atoms with van der Waals surface area (Å²) in [4.78, 5) is 36.6. The Bertz CT molecular complexity index is 830. The standard InChI is InChI=1S/C24H31N3O5/c1-2-3-6-15-22(28)27(26-24(30)32-19-21-13-9-5-10-14-21)17-16-25-23(29)31-18-20-11-7-4-8-12-20/h4-5,7-14H,2-3,6,15-19H2,1H3,(H,25,29)(H,26,30). The number of ether oxygens (including phenoxy) is 2. The number of unbranched alkanes of at least 4 members (excludes halogenated alkanes) is 2. The summed E-state index contributed by atoms with van der Waals surface area (Å²) in [6, 6.07) is 18.6. The molecule has 0 bridgehead atoms. The molecule has 0 aliphatic carbocycles. The second kappa shape index (κ2) is 14.5. The highest BCUT2D eigenvalue weighted by molar-refractivity contribution is 5.79. The van der Waals surface area contributed by atoms with Gasteiger partial charge in [0.2, 0.25) is 5.91 Å². The maximum absolute atomic E-state index is 12.5. The van der Waals surface area contributed by atoms with E-state index in [1.165, 1.54) is 5.01 Å². The van der Waals surface area contributed by atoms with Gasteiger partial charge in [-0.05, 0) is 17.5 Å². The van der Waals surface area contributed by atoms with Crippen LogP contribution in [0, 0.1) is 0 Å². The summed E-state index contributed by atoms with van der Waals surface area (Å²) >= 11 is 0. The van der Waals surface area contributed by atoms with E-state index in [0.29, 0.717) is 6.42 Å². The molecule has 2 rings (SSSR count). The largest absolute Gasteiger partial charge is 0.445 e. The van der Waals surface area contributed by atoms with E-state index in [1.807, 2.05) is 67.6 Å². The van der Waals surface area contributed by atoms with Crippen LogP contribution in [0.2, 0.25) is 0 Å². The molecule has 2 aromatic carbocycles. The van der Waals surface area contributed by atoms with Gasteiger partial charge in [0.25, 0.3) is 0 Å². The summed E-state index contributed by atoms with van der Waals surface area (Å²) in [6.07, 6.45) is 1.59. The van der Waals surface area contributed by atoms with Crippen molar-refractivity contribution in [2.24, 2.45) is 0 Å². The van der Waals surface area contributed by atoms with Gasteiger partial charge < -0.3 is 14.8 Å². The van der Waals surface area contributed by atoms with Gasteiger partial charge >= 0.3 is 12.2 Å². The molecule has 0 unspecified atom stereocenters. The highest BCUT2D eigenvalue weighted by Gasteiger charge is 2.17. The van der Waals surface area contributed by atoms with Crippen molar-refractivity contribution >= 4 is 18.1 Å². The number of rotatable bonds is 11. The van der Waals surface area contributed by atoms with Gasteiger partial charge in [0.05, 0.1) is 6.54 Å². The van der Waals surface area contributed by atoms with Crippen LogP contribution in [0.15, 0.2) is 60.7 Å². The Morgan fingerprint density at radius 3 is 1.94 bits per heavy atom. The maximum Gasteiger partial charge on any atom is 0.426 e. The molecule has 0 spiro atoms. The summed E-state index contributed by atoms with van der Waals surface area (Å²) in [5.41, 5.74) is 4.19. The monoisotopic (exact) mass is 441 g/mol. The van der Waals surface area contributed by atoms with E-state index in [0.717, 1.165) is 30.4 Å². The minimum Gasteiger partial charge on any atom is -0.445 e. The molecule has 8 nitrogen and oxygen atoms in total. The first-order valence-corrected chi connectivity index (χ1v) is 10.8. The van der Waals surface area contributed by atoms with Crippen LogP contribution in [0.5, 0.6) is 0 Å². The molecule has 0 aromatic heterocycles. The molecule has 2 aromatic rings. The lowest BCUT2D eigenvalue weighted by Gasteiger charge is -2.23. The topological polar surface area (TPSA) is 97.0 Å². The van der Waals surface area contributed by atoms with Crippen LogP contribution in [0.3, 0.4) is 0 Å². The highest BCUT2D eigenvalue weighted by atomic mass is 16.6. The number of hydrazine groups is 1. The Labute approximate surface area is 188 Å². The van der Waals surface area contributed by atoms with Crippen molar-refractivity contribution < 1.29 is 23.9 Å². The minimum atomic E-state index is -0.732. The quantitative estimate of drug-likeness (QED) is 0.403. The van der Waals surface area contributed by atoms with E-state index < -0.39 is 12.2 Å². The molecular formula is C24H31N3O5. The smallest absolute Gasteiger partial charge is 0.426 e. The average Bonchev–Trinajstić information content (AvgIpc) is 2.82. The maximum atomic E-state index is 12.5. The number of amides is 3. The molecule has 0 atom stereocenters. The van der Waals surface area contributed by atoms with E-state index >= 15 is 0 Å². The van der Waals surface area contributed by atoms with Crippen molar-refractivity contribution in [1.29, 1.82) is 0 Å². The molecule has 0 aliphatic rings. The van der Waals surface area contributed by atoms with Crippen LogP contribution >= 0.6 is 0 Å². The highest BCUT2D eigenvalue weighted by Crippen LogP contribution is 2.04. The van der Waals surface area contributed by atoms with Crippen molar-refractivity contribution in [1.82, 2.24) is 15.8 Å². The fourth-order valence-corrected chi connectivity index (χ4v) is 2.81. The lowest BCUT2D eigenvalue weighted by molar-refractivity contribution is -0.134. The van der Waals surface area contributed by atoms with Gasteiger partial charge in [0, 0.05) is 13.0 Å². The molecule has 2 N–H and O–H groups in total. The number of carbonyl (C=O) groups is 3. The van der Waals surface area contributed by atoms with Crippen molar-refractivity contribution in [3.63, 3.8) is 0 Å². The van der Waals surface area contributed by atoms with Crippen LogP contribution in [0.4, 0.5) is 9.59 Å². The van der Waals surface area contributed by atoms with Gasteiger partial charge in [-0.2, -0.15) is 0 Å². The summed E-state index contributed by atoms with van der Waals surface area (Å²) in [6.45, 7) is 2.50. The predicted molar refractivity (Wildman–Crippen MR) is 120 cm³/mol. The van der Waals surface area contributed by atoms with Crippen LogP contribution in [0.1, 0.15) is 43.7 Å². The van der Waals surface area contributed by atoms with E-state index in [9.17, 15) is 14.4 Å². The van der Waals surface area contributed by atoms with Crippen molar-refractivity contribution in [2.75, 3.05) is 13.1 Å². The Morgan fingerprint density at radius 2 is 1.38 bits per heavy atom. The second-order valence-electron chi connectivity index (χ2n) is 7.16. The third-order valence-electron chi connectivity index (χ3n) is 4.55. The number of hydrogen-bond donors (Lipinski definition) is 2. The first-order valence-electron chi connectivity index (χ1n) is 10.8. The van der Waals surface area contributed by atoms with Crippen molar-refractivity contribution in [3.05, 3.63) is 71.8 Å². The summed E-state index contributed by atoms with van der Waals surface area (Å²) in [5.74, 6) is -0.241. The second-order valence-corrected chi connectivity index (χ2v) is 7.16. The molecule has 0 aliphatic heterocycles. The molecule has 0 fully saturated rings. The van der Waals surface area contributed by atoms with Crippen LogP contribution < -0.4 is 10.7 Å². The zero-order valence-corrected chi connectivity index (χ0v) is 18.4. The average molecular weight is 442 g/mol.